The quantitative estimate of drug-likeness (QED) is 0.478. The summed E-state index contributed by atoms with van der Waals surface area (Å²) in [4.78, 5) is 1.13. The van der Waals surface area contributed by atoms with Crippen molar-refractivity contribution in [2.45, 2.75) is 0 Å². The van der Waals surface area contributed by atoms with Gasteiger partial charge in [-0.2, -0.15) is 14.0 Å². The van der Waals surface area contributed by atoms with Crippen LogP contribution in [-0.2, 0) is 3.74 Å². The van der Waals surface area contributed by atoms with Gasteiger partial charge in [-0.15, -0.1) is 0 Å². The van der Waals surface area contributed by atoms with Gasteiger partial charge in [0.15, 0.2) is 0 Å². The first kappa shape index (κ1) is 23.3. The Labute approximate surface area is 196 Å². The Morgan fingerprint density at radius 3 is 1.70 bits per heavy atom. The molecule has 0 saturated heterocycles. The summed E-state index contributed by atoms with van der Waals surface area (Å²) in [5.41, 5.74) is 3.23. The van der Waals surface area contributed by atoms with E-state index in [1.165, 1.54) is 0 Å². The van der Waals surface area contributed by atoms with Crippen LogP contribution < -0.4 is 23.5 Å². The predicted molar refractivity (Wildman–Crippen MR) is 121 cm³/mol. The van der Waals surface area contributed by atoms with E-state index in [9.17, 15) is 14.0 Å². The molecule has 1 unspecified atom stereocenters. The van der Waals surface area contributed by atoms with E-state index in [0.29, 0.717) is 32.4 Å². The van der Waals surface area contributed by atoms with Crippen LogP contribution in [0, 0.1) is 10.2 Å². The molecule has 1 heterocycles. The van der Waals surface area contributed by atoms with Gasteiger partial charge >= 0.3 is 0 Å². The monoisotopic (exact) mass is 484 g/mol. The SMILES string of the molecule is COc1ccc(C2=CC(c3ccccc3)=CC(c3ccc(OC)cc3)=S2O[Cl+3]([O-])([O-])[O-])cc1. The molecule has 0 N–H and O–H groups in total. The largest absolute Gasteiger partial charge is 0.497 e. The topological polar surface area (TPSA) is 96.9 Å². The lowest BCUT2D eigenvalue weighted by atomic mass is 10.0. The fourth-order valence-corrected chi connectivity index (χ4v) is 5.95. The molecule has 8 heteroatoms. The summed E-state index contributed by atoms with van der Waals surface area (Å²) in [6.45, 7) is 0. The first-order valence-corrected chi connectivity index (χ1v) is 12.3. The number of allylic oxidation sites excluding steroid dienone is 3. The number of halogens is 1. The van der Waals surface area contributed by atoms with Gasteiger partial charge in [0.2, 0.25) is 0 Å². The van der Waals surface area contributed by atoms with Crippen LogP contribution in [0.5, 0.6) is 11.5 Å². The summed E-state index contributed by atoms with van der Waals surface area (Å²) in [5.74, 6) is 1.31. The van der Waals surface area contributed by atoms with Crippen LogP contribution in [0.25, 0.3) is 10.5 Å². The second-order valence-corrected chi connectivity index (χ2v) is 9.68. The molecule has 4 rings (SSSR count). The minimum Gasteiger partial charge on any atom is -0.497 e. The second kappa shape index (κ2) is 9.93. The molecule has 170 valence electrons. The van der Waals surface area contributed by atoms with Crippen LogP contribution in [0.1, 0.15) is 16.7 Å². The summed E-state index contributed by atoms with van der Waals surface area (Å²) in [5, 5.41) is 0. The molecule has 1 aliphatic rings. The lowest BCUT2D eigenvalue weighted by Gasteiger charge is -2.22. The highest BCUT2D eigenvalue weighted by atomic mass is 35.7. The predicted octanol–water partition coefficient (Wildman–Crippen LogP) is 2.46. The van der Waals surface area contributed by atoms with E-state index in [2.05, 4.69) is 0 Å². The molecule has 0 fully saturated rings. The summed E-state index contributed by atoms with van der Waals surface area (Å²) in [6.07, 6.45) is 3.71. The minimum atomic E-state index is -4.68. The number of hydrogen-bond acceptors (Lipinski definition) is 6. The molecule has 1 aliphatic heterocycles. The maximum atomic E-state index is 11.7. The van der Waals surface area contributed by atoms with Gasteiger partial charge in [0.1, 0.15) is 26.0 Å². The molecule has 0 spiro atoms. The summed E-state index contributed by atoms with van der Waals surface area (Å²) in [7, 11) is -3.05. The highest BCUT2D eigenvalue weighted by Crippen LogP contribution is 2.45. The number of methoxy groups -OCH3 is 2. The number of hydrogen-bond donors (Lipinski definition) is 0. The third-order valence-electron chi connectivity index (χ3n) is 4.97. The van der Waals surface area contributed by atoms with Gasteiger partial charge in [0.05, 0.1) is 34.2 Å². The van der Waals surface area contributed by atoms with Crippen LogP contribution in [0.3, 0.4) is 0 Å². The molecule has 33 heavy (non-hydrogen) atoms. The maximum absolute atomic E-state index is 11.7. The molecule has 0 amide bonds. The fourth-order valence-electron chi connectivity index (χ4n) is 3.38. The standard InChI is InChI=1S/C25H21ClO6S/c1-30-22-12-8-19(9-13-22)24-16-21(18-6-4-3-5-7-18)17-25(33(24)32-26(27,28)29)20-10-14-23(31-2)15-11-20/h3-17H,1-2H3. The van der Waals surface area contributed by atoms with Gasteiger partial charge in [-0.1, -0.05) is 54.6 Å². The van der Waals surface area contributed by atoms with Crippen LogP contribution in [0.2, 0.25) is 0 Å². The van der Waals surface area contributed by atoms with Gasteiger partial charge < -0.3 is 9.47 Å². The molecule has 0 aliphatic carbocycles. The van der Waals surface area contributed by atoms with E-state index in [0.717, 1.165) is 11.1 Å². The molecule has 3 aromatic rings. The van der Waals surface area contributed by atoms with Crippen molar-refractivity contribution in [2.24, 2.45) is 0 Å². The van der Waals surface area contributed by atoms with E-state index in [4.69, 9.17) is 13.2 Å². The molecule has 0 bridgehead atoms. The Bertz CT molecular complexity index is 1210. The highest BCUT2D eigenvalue weighted by Gasteiger charge is 2.31. The van der Waals surface area contributed by atoms with Crippen molar-refractivity contribution in [3.63, 3.8) is 0 Å². The molecule has 0 radical (unpaired) electrons. The van der Waals surface area contributed by atoms with E-state index in [-0.39, 0.29) is 0 Å². The van der Waals surface area contributed by atoms with Crippen LogP contribution in [-0.4, -0.2) is 19.1 Å². The van der Waals surface area contributed by atoms with E-state index >= 15 is 0 Å². The Kier molecular flexibility index (Phi) is 6.99. The molecule has 0 aromatic heterocycles. The van der Waals surface area contributed by atoms with Gasteiger partial charge in [0.25, 0.3) is 0 Å². The third kappa shape index (κ3) is 5.54. The van der Waals surface area contributed by atoms with Crippen molar-refractivity contribution in [2.75, 3.05) is 14.2 Å². The van der Waals surface area contributed by atoms with Crippen LogP contribution in [0.4, 0.5) is 0 Å². The van der Waals surface area contributed by atoms with Crippen molar-refractivity contribution in [1.29, 1.82) is 0 Å². The van der Waals surface area contributed by atoms with E-state index in [1.807, 2.05) is 66.7 Å². The van der Waals surface area contributed by atoms with Gasteiger partial charge in [0, 0.05) is 0 Å². The number of rotatable bonds is 7. The maximum Gasteiger partial charge on any atom is 0.148 e. The Hall–Kier alpha value is -2.91. The number of benzene rings is 3. The molecular weight excluding hydrogens is 464 g/mol. The second-order valence-electron chi connectivity index (χ2n) is 7.01. The lowest BCUT2D eigenvalue weighted by molar-refractivity contribution is -1.91. The molecule has 6 nitrogen and oxygen atoms in total. The summed E-state index contributed by atoms with van der Waals surface area (Å²) in [6, 6.07) is 24.0. The zero-order valence-electron chi connectivity index (χ0n) is 17.9. The smallest absolute Gasteiger partial charge is 0.148 e. The zero-order chi connectivity index (χ0) is 23.4. The lowest BCUT2D eigenvalue weighted by Crippen LogP contribution is -2.60. The first-order valence-electron chi connectivity index (χ1n) is 9.87. The molecular formula is C25H21ClO6S. The minimum absolute atomic E-state index is 0.566. The van der Waals surface area contributed by atoms with Crippen molar-refractivity contribution >= 4 is 26.1 Å². The Morgan fingerprint density at radius 2 is 1.18 bits per heavy atom. The van der Waals surface area contributed by atoms with E-state index < -0.39 is 21.0 Å². The third-order valence-corrected chi connectivity index (χ3v) is 7.60. The number of ether oxygens (including phenoxy) is 2. The average Bonchev–Trinajstić information content (AvgIpc) is 2.84. The average molecular weight is 485 g/mol. The van der Waals surface area contributed by atoms with Crippen molar-refractivity contribution in [3.8, 4) is 11.5 Å². The van der Waals surface area contributed by atoms with Crippen molar-refractivity contribution in [3.05, 3.63) is 108 Å². The summed E-state index contributed by atoms with van der Waals surface area (Å²) >= 11 is 0. The Morgan fingerprint density at radius 1 is 0.636 bits per heavy atom. The van der Waals surface area contributed by atoms with E-state index in [1.54, 1.807) is 38.5 Å². The van der Waals surface area contributed by atoms with Crippen LogP contribution >= 0.6 is 10.8 Å². The molecule has 3 aromatic carbocycles. The van der Waals surface area contributed by atoms with Crippen LogP contribution in [0.15, 0.2) is 91.0 Å². The van der Waals surface area contributed by atoms with Crippen molar-refractivity contribution in [1.82, 2.24) is 0 Å². The normalized spacial score (nSPS) is 16.2. The zero-order valence-corrected chi connectivity index (χ0v) is 19.5. The highest BCUT2D eigenvalue weighted by molar-refractivity contribution is 8.20. The first-order chi connectivity index (χ1) is 15.9. The molecule has 0 saturated carbocycles. The Balaban J connectivity index is 1.95. The molecule has 1 atom stereocenters. The van der Waals surface area contributed by atoms with Crippen molar-refractivity contribution < 1.29 is 37.4 Å². The summed E-state index contributed by atoms with van der Waals surface area (Å²) < 4.78 is 50.7. The van der Waals surface area contributed by atoms with Gasteiger partial charge in [-0.3, -0.25) is 0 Å². The fraction of sp³-hybridized carbons (Fsp3) is 0.0800. The van der Waals surface area contributed by atoms with Gasteiger partial charge in [-0.25, -0.2) is 0 Å². The van der Waals surface area contributed by atoms with Gasteiger partial charge in [-0.05, 0) is 58.7 Å².